The summed E-state index contributed by atoms with van der Waals surface area (Å²) in [7, 11) is 0. The minimum Gasteiger partial charge on any atom is -0.543 e. The van der Waals surface area contributed by atoms with E-state index in [-0.39, 0.29) is 64.5 Å². The molecule has 1 fully saturated rings. The first-order valence-corrected chi connectivity index (χ1v) is 9.54. The van der Waals surface area contributed by atoms with Crippen molar-refractivity contribution in [1.29, 1.82) is 0 Å². The molecule has 0 radical (unpaired) electrons. The third-order valence-electron chi connectivity index (χ3n) is 4.45. The first-order chi connectivity index (χ1) is 13.7. The summed E-state index contributed by atoms with van der Waals surface area (Å²) in [5.74, 6) is -3.55. The Balaban J connectivity index is 0.00000320. The number of aromatic hydroxyl groups is 1. The first-order valence-electron chi connectivity index (χ1n) is 8.49. The van der Waals surface area contributed by atoms with E-state index in [1.165, 1.54) is 43.0 Å². The minimum atomic E-state index is -1.58. The average Bonchev–Trinajstić information content (AvgIpc) is 2.69. The Labute approximate surface area is 197 Å². The number of thioether (sulfide) groups is 1. The van der Waals surface area contributed by atoms with Crippen molar-refractivity contribution in [3.63, 3.8) is 0 Å². The summed E-state index contributed by atoms with van der Waals surface area (Å²) >= 11 is 1.19. The number of fused-ring (bicyclic) bond motifs is 1. The number of hydrogen-bond acceptors (Lipinski definition) is 9. The quantitative estimate of drug-likeness (QED) is 0.223. The Morgan fingerprint density at radius 2 is 1.97 bits per heavy atom. The number of carboxylic acids is 1. The SMILES string of the molecule is CC(=O)OCC1=C(C(=O)[O-])N2C(=O)[C@@H](NC(=O)C(O)c3ccc(O)cc3)[C@H]2SC1.[Na+]. The van der Waals surface area contributed by atoms with E-state index in [1.54, 1.807) is 0 Å². The van der Waals surface area contributed by atoms with E-state index in [2.05, 4.69) is 5.32 Å². The van der Waals surface area contributed by atoms with E-state index in [9.17, 15) is 34.5 Å². The summed E-state index contributed by atoms with van der Waals surface area (Å²) in [5.41, 5.74) is 0.0764. The van der Waals surface area contributed by atoms with Gasteiger partial charge >= 0.3 is 35.5 Å². The molecule has 0 saturated carbocycles. The molecule has 10 nitrogen and oxygen atoms in total. The van der Waals surface area contributed by atoms with Gasteiger partial charge < -0.3 is 30.2 Å². The van der Waals surface area contributed by atoms with E-state index in [0.717, 1.165) is 4.90 Å². The van der Waals surface area contributed by atoms with E-state index >= 15 is 0 Å². The van der Waals surface area contributed by atoms with Crippen LogP contribution in [0.3, 0.4) is 0 Å². The number of ether oxygens (including phenoxy) is 1. The van der Waals surface area contributed by atoms with Gasteiger partial charge in [0.25, 0.3) is 11.8 Å². The molecule has 0 aliphatic carbocycles. The standard InChI is InChI=1S/C18H18N2O8S.Na/c1-8(21)28-6-10-7-29-17-12(16(25)20(17)13(10)18(26)27)19-15(24)14(23)9-2-4-11(22)5-3-9;/h2-5,12,14,17,22-23H,6-7H2,1H3,(H,19,24)(H,26,27);/q;+1/p-1/t12-,14?,17-;/m1./s1. The van der Waals surface area contributed by atoms with Gasteiger partial charge in [0.2, 0.25) is 0 Å². The number of aliphatic hydroxyl groups excluding tert-OH is 1. The zero-order valence-corrected chi connectivity index (χ0v) is 19.0. The number of esters is 1. The molecule has 0 spiro atoms. The summed E-state index contributed by atoms with van der Waals surface area (Å²) in [6, 6.07) is 4.31. The predicted molar refractivity (Wildman–Crippen MR) is 96.8 cm³/mol. The fraction of sp³-hybridized carbons (Fsp3) is 0.333. The molecule has 1 unspecified atom stereocenters. The second-order valence-corrected chi connectivity index (χ2v) is 7.52. The maximum Gasteiger partial charge on any atom is 1.00 e. The molecule has 0 bridgehead atoms. The number of carbonyl (C=O) groups excluding carboxylic acids is 4. The Bertz CT molecular complexity index is 904. The van der Waals surface area contributed by atoms with Crippen LogP contribution in [0, 0.1) is 0 Å². The second-order valence-electron chi connectivity index (χ2n) is 6.41. The van der Waals surface area contributed by atoms with Gasteiger partial charge in [-0.15, -0.1) is 11.8 Å². The zero-order chi connectivity index (χ0) is 21.3. The van der Waals surface area contributed by atoms with Crippen molar-refractivity contribution in [3.8, 4) is 5.75 Å². The Morgan fingerprint density at radius 1 is 1.33 bits per heavy atom. The van der Waals surface area contributed by atoms with Crippen LogP contribution in [0.4, 0.5) is 0 Å². The van der Waals surface area contributed by atoms with Gasteiger partial charge in [0.05, 0.1) is 11.7 Å². The number of amides is 2. The van der Waals surface area contributed by atoms with Crippen LogP contribution in [0.5, 0.6) is 5.75 Å². The van der Waals surface area contributed by atoms with Crippen LogP contribution >= 0.6 is 11.8 Å². The molecule has 154 valence electrons. The zero-order valence-electron chi connectivity index (χ0n) is 16.2. The number of benzene rings is 1. The monoisotopic (exact) mass is 444 g/mol. The number of carboxylic acid groups (broad SMARTS) is 1. The van der Waals surface area contributed by atoms with E-state index in [4.69, 9.17) is 4.74 Å². The largest absolute Gasteiger partial charge is 1.00 e. The van der Waals surface area contributed by atoms with Crippen LogP contribution in [0.15, 0.2) is 35.5 Å². The Kier molecular flexibility index (Phi) is 7.94. The minimum absolute atomic E-state index is 0. The van der Waals surface area contributed by atoms with Crippen molar-refractivity contribution < 1.29 is 68.8 Å². The molecule has 1 aromatic carbocycles. The number of hydrogen-bond donors (Lipinski definition) is 3. The maximum atomic E-state index is 12.5. The third-order valence-corrected chi connectivity index (χ3v) is 5.78. The van der Waals surface area contributed by atoms with Crippen LogP contribution in [0.25, 0.3) is 0 Å². The summed E-state index contributed by atoms with van der Waals surface area (Å²) < 4.78 is 4.83. The van der Waals surface area contributed by atoms with Crippen molar-refractivity contribution in [2.75, 3.05) is 12.4 Å². The van der Waals surface area contributed by atoms with Crippen molar-refractivity contribution >= 4 is 35.5 Å². The molecule has 12 heteroatoms. The number of phenols is 1. The normalized spacial score (nSPS) is 21.0. The fourth-order valence-electron chi connectivity index (χ4n) is 3.01. The molecule has 30 heavy (non-hydrogen) atoms. The average molecular weight is 444 g/mol. The molecular weight excluding hydrogens is 427 g/mol. The number of aliphatic hydroxyl groups is 1. The van der Waals surface area contributed by atoms with E-state index in [0.29, 0.717) is 0 Å². The molecule has 0 aromatic heterocycles. The van der Waals surface area contributed by atoms with Gasteiger partial charge in [0, 0.05) is 18.2 Å². The molecule has 3 N–H and O–H groups in total. The first kappa shape index (κ1) is 24.2. The topological polar surface area (TPSA) is 156 Å². The van der Waals surface area contributed by atoms with E-state index < -0.39 is 41.3 Å². The van der Waals surface area contributed by atoms with Gasteiger partial charge in [-0.3, -0.25) is 19.3 Å². The van der Waals surface area contributed by atoms with Gasteiger partial charge in [0.1, 0.15) is 23.8 Å². The molecular formula is C18H17N2NaO8S. The molecule has 2 aliphatic rings. The van der Waals surface area contributed by atoms with Crippen LogP contribution in [-0.4, -0.2) is 62.6 Å². The second kappa shape index (κ2) is 9.84. The van der Waals surface area contributed by atoms with Crippen LogP contribution in [0.2, 0.25) is 0 Å². The number of carbonyl (C=O) groups is 4. The van der Waals surface area contributed by atoms with E-state index in [1.807, 2.05) is 0 Å². The number of phenolic OH excluding ortho intramolecular Hbond substituents is 1. The smallest absolute Gasteiger partial charge is 0.543 e. The van der Waals surface area contributed by atoms with Gasteiger partial charge in [-0.2, -0.15) is 0 Å². The van der Waals surface area contributed by atoms with Crippen LogP contribution in [-0.2, 0) is 23.9 Å². The molecule has 3 atom stereocenters. The van der Waals surface area contributed by atoms with Gasteiger partial charge in [-0.05, 0) is 17.7 Å². The number of aliphatic carboxylic acids is 1. The van der Waals surface area contributed by atoms with Crippen molar-refractivity contribution in [1.82, 2.24) is 10.2 Å². The molecule has 1 saturated heterocycles. The van der Waals surface area contributed by atoms with Gasteiger partial charge in [-0.1, -0.05) is 12.1 Å². The molecule has 2 amide bonds. The predicted octanol–water partition coefficient (Wildman–Crippen LogP) is -4.60. The third kappa shape index (κ3) is 4.81. The number of β-lactam (4-membered cyclic amide) rings is 1. The fourth-order valence-corrected chi connectivity index (χ4v) is 4.34. The number of nitrogens with zero attached hydrogens (tertiary/aromatic N) is 1. The molecule has 3 rings (SSSR count). The summed E-state index contributed by atoms with van der Waals surface area (Å²) in [5, 5.41) is 32.7. The van der Waals surface area contributed by atoms with Crippen molar-refractivity contribution in [2.45, 2.75) is 24.4 Å². The summed E-state index contributed by atoms with van der Waals surface area (Å²) in [4.78, 5) is 48.3. The number of rotatable bonds is 6. The number of nitrogens with one attached hydrogen (secondary N) is 1. The summed E-state index contributed by atoms with van der Waals surface area (Å²) in [6.45, 7) is 0.899. The Hall–Kier alpha value is -2.05. The molecule has 2 aliphatic heterocycles. The molecule has 1 aromatic rings. The van der Waals surface area contributed by atoms with Crippen molar-refractivity contribution in [3.05, 3.63) is 41.1 Å². The summed E-state index contributed by atoms with van der Waals surface area (Å²) in [6.07, 6.45) is -1.57. The van der Waals surface area contributed by atoms with Gasteiger partial charge in [0.15, 0.2) is 6.10 Å². The van der Waals surface area contributed by atoms with Crippen molar-refractivity contribution in [2.24, 2.45) is 0 Å². The van der Waals surface area contributed by atoms with Crippen LogP contribution < -0.4 is 40.0 Å². The Morgan fingerprint density at radius 3 is 2.53 bits per heavy atom. The van der Waals surface area contributed by atoms with Crippen LogP contribution in [0.1, 0.15) is 18.6 Å². The maximum absolute atomic E-state index is 12.5. The van der Waals surface area contributed by atoms with Gasteiger partial charge in [-0.25, -0.2) is 0 Å². The molecule has 2 heterocycles.